The maximum Gasteiger partial charge on any atom is 0.255 e. The first-order valence-electron chi connectivity index (χ1n) is 8.56. The highest BCUT2D eigenvalue weighted by Gasteiger charge is 2.16. The summed E-state index contributed by atoms with van der Waals surface area (Å²) in [6.07, 6.45) is 2.47. The van der Waals surface area contributed by atoms with Crippen molar-refractivity contribution in [2.24, 2.45) is 5.92 Å². The van der Waals surface area contributed by atoms with Crippen molar-refractivity contribution in [3.05, 3.63) is 53.1 Å². The van der Waals surface area contributed by atoms with E-state index in [0.29, 0.717) is 16.3 Å². The zero-order chi connectivity index (χ0) is 17.8. The van der Waals surface area contributed by atoms with Gasteiger partial charge in [-0.1, -0.05) is 18.5 Å². The number of methoxy groups -OCH3 is 1. The van der Waals surface area contributed by atoms with Crippen molar-refractivity contribution in [1.82, 2.24) is 0 Å². The van der Waals surface area contributed by atoms with Crippen LogP contribution in [0.25, 0.3) is 0 Å². The molecule has 4 nitrogen and oxygen atoms in total. The molecule has 1 fully saturated rings. The van der Waals surface area contributed by atoms with Gasteiger partial charge in [-0.05, 0) is 61.2 Å². The summed E-state index contributed by atoms with van der Waals surface area (Å²) in [5, 5.41) is 3.32. The molecule has 132 valence electrons. The summed E-state index contributed by atoms with van der Waals surface area (Å²) in [4.78, 5) is 14.8. The van der Waals surface area contributed by atoms with Crippen LogP contribution in [0.3, 0.4) is 0 Å². The molecule has 0 aliphatic carbocycles. The van der Waals surface area contributed by atoms with Gasteiger partial charge in [-0.2, -0.15) is 0 Å². The van der Waals surface area contributed by atoms with Gasteiger partial charge in [0.15, 0.2) is 0 Å². The molecule has 25 heavy (non-hydrogen) atoms. The van der Waals surface area contributed by atoms with Gasteiger partial charge in [0.05, 0.1) is 12.1 Å². The van der Waals surface area contributed by atoms with Gasteiger partial charge in [0.2, 0.25) is 0 Å². The molecule has 1 saturated heterocycles. The van der Waals surface area contributed by atoms with Crippen molar-refractivity contribution >= 4 is 28.9 Å². The molecule has 0 radical (unpaired) electrons. The van der Waals surface area contributed by atoms with Crippen LogP contribution in [0.2, 0.25) is 5.02 Å². The highest BCUT2D eigenvalue weighted by Crippen LogP contribution is 2.26. The Kier molecular flexibility index (Phi) is 5.49. The highest BCUT2D eigenvalue weighted by atomic mass is 35.5. The number of ether oxygens (including phenoxy) is 1. The second-order valence-corrected chi connectivity index (χ2v) is 6.93. The largest absolute Gasteiger partial charge is 0.495 e. The first-order chi connectivity index (χ1) is 12.1. The summed E-state index contributed by atoms with van der Waals surface area (Å²) in [5.41, 5.74) is 2.48. The van der Waals surface area contributed by atoms with E-state index in [1.54, 1.807) is 25.3 Å². The van der Waals surface area contributed by atoms with Crippen molar-refractivity contribution in [2.45, 2.75) is 19.8 Å². The lowest BCUT2D eigenvalue weighted by Crippen LogP contribution is -2.32. The van der Waals surface area contributed by atoms with Crippen LogP contribution in [0.5, 0.6) is 5.75 Å². The molecule has 0 atom stereocenters. The van der Waals surface area contributed by atoms with Gasteiger partial charge in [-0.15, -0.1) is 0 Å². The Morgan fingerprint density at radius 3 is 2.44 bits per heavy atom. The fourth-order valence-electron chi connectivity index (χ4n) is 3.03. The summed E-state index contributed by atoms with van der Waals surface area (Å²) in [6.45, 7) is 4.50. The summed E-state index contributed by atoms with van der Waals surface area (Å²) in [7, 11) is 1.55. The molecule has 0 saturated carbocycles. The fourth-order valence-corrected chi connectivity index (χ4v) is 3.29. The van der Waals surface area contributed by atoms with Gasteiger partial charge >= 0.3 is 0 Å². The normalized spacial score (nSPS) is 15.1. The molecule has 0 aromatic heterocycles. The number of hydrogen-bond acceptors (Lipinski definition) is 3. The predicted octanol–water partition coefficient (Wildman–Crippen LogP) is 4.84. The van der Waals surface area contributed by atoms with Crippen molar-refractivity contribution in [3.8, 4) is 5.75 Å². The van der Waals surface area contributed by atoms with E-state index in [2.05, 4.69) is 29.3 Å². The third-order valence-corrected chi connectivity index (χ3v) is 4.98. The number of hydrogen-bond donors (Lipinski definition) is 1. The molecule has 2 aromatic carbocycles. The maximum absolute atomic E-state index is 12.4. The van der Waals surface area contributed by atoms with Gasteiger partial charge in [0.25, 0.3) is 5.91 Å². The predicted molar refractivity (Wildman–Crippen MR) is 103 cm³/mol. The number of benzene rings is 2. The lowest BCUT2D eigenvalue weighted by Gasteiger charge is -2.32. The van der Waals surface area contributed by atoms with E-state index >= 15 is 0 Å². The van der Waals surface area contributed by atoms with Gasteiger partial charge in [-0.3, -0.25) is 4.79 Å². The number of nitrogens with zero attached hydrogens (tertiary/aromatic N) is 1. The van der Waals surface area contributed by atoms with E-state index < -0.39 is 0 Å². The number of carbonyl (C=O) groups is 1. The average molecular weight is 359 g/mol. The van der Waals surface area contributed by atoms with Crippen molar-refractivity contribution < 1.29 is 9.53 Å². The van der Waals surface area contributed by atoms with E-state index in [4.69, 9.17) is 16.3 Å². The summed E-state index contributed by atoms with van der Waals surface area (Å²) >= 11 is 6.08. The van der Waals surface area contributed by atoms with E-state index in [-0.39, 0.29) is 5.91 Å². The van der Waals surface area contributed by atoms with E-state index in [0.717, 1.165) is 24.7 Å². The third-order valence-electron chi connectivity index (χ3n) is 4.69. The molecule has 1 heterocycles. The van der Waals surface area contributed by atoms with Gasteiger partial charge in [-0.25, -0.2) is 0 Å². The molecule has 0 unspecified atom stereocenters. The van der Waals surface area contributed by atoms with Crippen LogP contribution in [0.4, 0.5) is 11.4 Å². The summed E-state index contributed by atoms with van der Waals surface area (Å²) < 4.78 is 5.11. The third kappa shape index (κ3) is 4.26. The number of carbonyl (C=O) groups excluding carboxylic acids is 1. The molecule has 5 heteroatoms. The van der Waals surface area contributed by atoms with Gasteiger partial charge in [0.1, 0.15) is 5.75 Å². The molecule has 1 amide bonds. The minimum atomic E-state index is -0.191. The first-order valence-corrected chi connectivity index (χ1v) is 8.94. The Labute approximate surface area is 153 Å². The minimum absolute atomic E-state index is 0.191. The van der Waals surface area contributed by atoms with Crippen molar-refractivity contribution in [1.29, 1.82) is 0 Å². The smallest absolute Gasteiger partial charge is 0.255 e. The minimum Gasteiger partial charge on any atom is -0.495 e. The number of nitrogens with one attached hydrogen (secondary N) is 1. The summed E-state index contributed by atoms with van der Waals surface area (Å²) in [6, 6.07) is 13.0. The van der Waals surface area contributed by atoms with Crippen LogP contribution in [0, 0.1) is 5.92 Å². The van der Waals surface area contributed by atoms with Crippen LogP contribution in [-0.4, -0.2) is 26.1 Å². The number of halogens is 1. The average Bonchev–Trinajstić information content (AvgIpc) is 2.63. The Morgan fingerprint density at radius 2 is 1.84 bits per heavy atom. The maximum atomic E-state index is 12.4. The van der Waals surface area contributed by atoms with Crippen molar-refractivity contribution in [2.75, 3.05) is 30.4 Å². The van der Waals surface area contributed by atoms with Gasteiger partial charge < -0.3 is 15.0 Å². The number of rotatable bonds is 4. The fraction of sp³-hybridized carbons (Fsp3) is 0.350. The quantitative estimate of drug-likeness (QED) is 0.850. The number of anilines is 2. The van der Waals surface area contributed by atoms with E-state index in [1.807, 2.05) is 12.1 Å². The zero-order valence-corrected chi connectivity index (χ0v) is 15.3. The molecule has 1 aliphatic heterocycles. The second-order valence-electron chi connectivity index (χ2n) is 6.52. The number of piperidine rings is 1. The monoisotopic (exact) mass is 358 g/mol. The molecule has 3 rings (SSSR count). The molecule has 1 N–H and O–H groups in total. The van der Waals surface area contributed by atoms with Crippen LogP contribution in [0.1, 0.15) is 30.1 Å². The Bertz CT molecular complexity index is 738. The Balaban J connectivity index is 1.65. The van der Waals surface area contributed by atoms with Crippen LogP contribution < -0.4 is 15.0 Å². The number of amides is 1. The molecule has 0 bridgehead atoms. The first kappa shape index (κ1) is 17.6. The molecular formula is C20H23ClN2O2. The highest BCUT2D eigenvalue weighted by molar-refractivity contribution is 6.32. The lowest BCUT2D eigenvalue weighted by molar-refractivity contribution is 0.102. The van der Waals surface area contributed by atoms with Crippen LogP contribution in [-0.2, 0) is 0 Å². The topological polar surface area (TPSA) is 41.6 Å². The zero-order valence-electron chi connectivity index (χ0n) is 14.6. The van der Waals surface area contributed by atoms with Crippen molar-refractivity contribution in [3.63, 3.8) is 0 Å². The molecule has 2 aromatic rings. The van der Waals surface area contributed by atoms with E-state index in [1.165, 1.54) is 18.5 Å². The van der Waals surface area contributed by atoms with E-state index in [9.17, 15) is 4.79 Å². The van der Waals surface area contributed by atoms with Crippen LogP contribution in [0.15, 0.2) is 42.5 Å². The Morgan fingerprint density at radius 1 is 1.16 bits per heavy atom. The Hall–Kier alpha value is -2.20. The second kappa shape index (κ2) is 7.79. The van der Waals surface area contributed by atoms with Crippen LogP contribution >= 0.6 is 11.6 Å². The summed E-state index contributed by atoms with van der Waals surface area (Å²) in [5.74, 6) is 1.17. The molecule has 1 aliphatic rings. The lowest BCUT2D eigenvalue weighted by atomic mass is 9.99. The molecule has 0 spiro atoms. The SMILES string of the molecule is COc1ccc(C(=O)Nc2ccc(N3CCC(C)CC3)cc2)cc1Cl. The van der Waals surface area contributed by atoms with Gasteiger partial charge in [0, 0.05) is 30.0 Å². The molecular weight excluding hydrogens is 336 g/mol. The standard InChI is InChI=1S/C20H23ClN2O2/c1-14-9-11-23(12-10-14)17-6-4-16(5-7-17)22-20(24)15-3-8-19(25-2)18(21)13-15/h3-8,13-14H,9-12H2,1-2H3,(H,22,24).